The number of primary amides is 1. The Morgan fingerprint density at radius 1 is 1.00 bits per heavy atom. The van der Waals surface area contributed by atoms with Gasteiger partial charge in [-0.2, -0.15) is 0 Å². The van der Waals surface area contributed by atoms with Crippen LogP contribution in [-0.4, -0.2) is 42.3 Å². The molecule has 1 heterocycles. The van der Waals surface area contributed by atoms with Crippen LogP contribution in [0, 0.1) is 5.41 Å². The van der Waals surface area contributed by atoms with Gasteiger partial charge in [-0.15, -0.1) is 0 Å². The van der Waals surface area contributed by atoms with Crippen molar-refractivity contribution in [3.05, 3.63) is 0 Å². The molecule has 2 atom stereocenters. The van der Waals surface area contributed by atoms with E-state index in [1.54, 1.807) is 0 Å². The minimum atomic E-state index is -0.966. The molecule has 1 fully saturated rings. The molecule has 1 rings (SSSR count). The molecule has 8 heteroatoms. The van der Waals surface area contributed by atoms with Gasteiger partial charge in [-0.05, 0) is 18.3 Å². The van der Waals surface area contributed by atoms with E-state index in [9.17, 15) is 19.2 Å². The molecule has 4 amide bonds. The molecule has 0 aromatic rings. The maximum Gasteiger partial charge on any atom is 0.243 e. The van der Waals surface area contributed by atoms with Crippen molar-refractivity contribution in [2.24, 2.45) is 11.1 Å². The molecular formula is C17H30N4O4. The number of carbonyl (C=O) groups is 4. The molecule has 1 saturated heterocycles. The Bertz CT molecular complexity index is 513. The number of carbonyl (C=O) groups excluding carboxylic acids is 4. The van der Waals surface area contributed by atoms with Crippen molar-refractivity contribution in [3.63, 3.8) is 0 Å². The Kier molecular flexibility index (Phi) is 7.86. The van der Waals surface area contributed by atoms with Crippen LogP contribution in [0.4, 0.5) is 0 Å². The lowest BCUT2D eigenvalue weighted by molar-refractivity contribution is -0.139. The minimum Gasteiger partial charge on any atom is -0.370 e. The normalized spacial score (nSPS) is 20.6. The zero-order valence-corrected chi connectivity index (χ0v) is 15.3. The molecule has 5 N–H and O–H groups in total. The van der Waals surface area contributed by atoms with Crippen molar-refractivity contribution in [3.8, 4) is 0 Å². The maximum absolute atomic E-state index is 11.9. The third-order valence-corrected chi connectivity index (χ3v) is 3.99. The van der Waals surface area contributed by atoms with Gasteiger partial charge in [0.25, 0.3) is 0 Å². The smallest absolute Gasteiger partial charge is 0.243 e. The van der Waals surface area contributed by atoms with E-state index in [1.807, 2.05) is 0 Å². The molecule has 0 radical (unpaired) electrons. The van der Waals surface area contributed by atoms with Gasteiger partial charge in [0, 0.05) is 6.54 Å². The zero-order valence-electron chi connectivity index (χ0n) is 15.3. The van der Waals surface area contributed by atoms with Crippen LogP contribution in [0.5, 0.6) is 0 Å². The van der Waals surface area contributed by atoms with Gasteiger partial charge in [-0.3, -0.25) is 19.2 Å². The molecule has 1 aliphatic rings. The average molecular weight is 354 g/mol. The number of rotatable bonds is 9. The van der Waals surface area contributed by atoms with E-state index in [-0.39, 0.29) is 18.7 Å². The monoisotopic (exact) mass is 354 g/mol. The summed E-state index contributed by atoms with van der Waals surface area (Å²) in [4.78, 5) is 46.5. The fourth-order valence-electron chi connectivity index (χ4n) is 2.61. The van der Waals surface area contributed by atoms with Crippen molar-refractivity contribution in [2.45, 2.75) is 71.4 Å². The van der Waals surface area contributed by atoms with E-state index in [0.29, 0.717) is 12.0 Å². The highest BCUT2D eigenvalue weighted by Crippen LogP contribution is 2.21. The highest BCUT2D eigenvalue weighted by Gasteiger charge is 2.35. The van der Waals surface area contributed by atoms with Crippen LogP contribution < -0.4 is 21.7 Å². The summed E-state index contributed by atoms with van der Waals surface area (Å²) in [7, 11) is 0. The van der Waals surface area contributed by atoms with Gasteiger partial charge in [-0.1, -0.05) is 33.6 Å². The van der Waals surface area contributed by atoms with Crippen molar-refractivity contribution >= 4 is 23.6 Å². The minimum absolute atomic E-state index is 0.122. The summed E-state index contributed by atoms with van der Waals surface area (Å²) in [6, 6.07) is -1.88. The van der Waals surface area contributed by atoms with Crippen molar-refractivity contribution < 1.29 is 19.2 Å². The molecule has 0 spiro atoms. The SMILES string of the molecule is CC(C)(C)CCCCCNC(=O)CC1NC(=O)C(CC(N)=O)NC1=O. The number of piperazine rings is 1. The summed E-state index contributed by atoms with van der Waals surface area (Å²) < 4.78 is 0. The molecule has 0 aliphatic carbocycles. The third kappa shape index (κ3) is 8.51. The molecule has 0 bridgehead atoms. The Morgan fingerprint density at radius 3 is 2.08 bits per heavy atom. The van der Waals surface area contributed by atoms with Gasteiger partial charge < -0.3 is 21.7 Å². The largest absolute Gasteiger partial charge is 0.370 e. The van der Waals surface area contributed by atoms with E-state index in [1.165, 1.54) is 0 Å². The first-order chi connectivity index (χ1) is 11.6. The number of nitrogens with two attached hydrogens (primary N) is 1. The lowest BCUT2D eigenvalue weighted by Gasteiger charge is -2.28. The second-order valence-corrected chi connectivity index (χ2v) is 7.72. The fourth-order valence-corrected chi connectivity index (χ4v) is 2.61. The Morgan fingerprint density at radius 2 is 1.56 bits per heavy atom. The summed E-state index contributed by atoms with van der Waals surface area (Å²) in [5.41, 5.74) is 5.35. The van der Waals surface area contributed by atoms with E-state index in [4.69, 9.17) is 5.73 Å². The van der Waals surface area contributed by atoms with Crippen LogP contribution in [0.25, 0.3) is 0 Å². The molecule has 8 nitrogen and oxygen atoms in total. The van der Waals surface area contributed by atoms with Crippen molar-refractivity contribution in [1.29, 1.82) is 0 Å². The Hall–Kier alpha value is -2.12. The molecule has 142 valence electrons. The molecule has 0 saturated carbocycles. The third-order valence-electron chi connectivity index (χ3n) is 3.99. The number of unbranched alkanes of at least 4 members (excludes halogenated alkanes) is 2. The topological polar surface area (TPSA) is 130 Å². The zero-order chi connectivity index (χ0) is 19.0. The van der Waals surface area contributed by atoms with E-state index in [2.05, 4.69) is 36.7 Å². The van der Waals surface area contributed by atoms with E-state index in [0.717, 1.165) is 25.7 Å². The highest BCUT2D eigenvalue weighted by molar-refractivity contribution is 6.00. The van der Waals surface area contributed by atoms with Crippen LogP contribution in [-0.2, 0) is 19.2 Å². The predicted molar refractivity (Wildman–Crippen MR) is 93.2 cm³/mol. The first-order valence-electron chi connectivity index (χ1n) is 8.74. The second-order valence-electron chi connectivity index (χ2n) is 7.72. The summed E-state index contributed by atoms with van der Waals surface area (Å²) in [5, 5.41) is 7.64. The van der Waals surface area contributed by atoms with Crippen molar-refractivity contribution in [1.82, 2.24) is 16.0 Å². The van der Waals surface area contributed by atoms with Crippen molar-refractivity contribution in [2.75, 3.05) is 6.54 Å². The second kappa shape index (κ2) is 9.39. The highest BCUT2D eigenvalue weighted by atomic mass is 16.2. The van der Waals surface area contributed by atoms with Gasteiger partial charge in [0.05, 0.1) is 12.8 Å². The number of amides is 4. The van der Waals surface area contributed by atoms with Crippen LogP contribution >= 0.6 is 0 Å². The van der Waals surface area contributed by atoms with Crippen LogP contribution in [0.3, 0.4) is 0 Å². The van der Waals surface area contributed by atoms with Gasteiger partial charge >= 0.3 is 0 Å². The summed E-state index contributed by atoms with van der Waals surface area (Å²) >= 11 is 0. The van der Waals surface area contributed by atoms with Crippen LogP contribution in [0.2, 0.25) is 0 Å². The van der Waals surface area contributed by atoms with Gasteiger partial charge in [0.15, 0.2) is 0 Å². The average Bonchev–Trinajstić information content (AvgIpc) is 2.46. The predicted octanol–water partition coefficient (Wildman–Crippen LogP) is -0.0422. The lowest BCUT2D eigenvalue weighted by atomic mass is 9.89. The quantitative estimate of drug-likeness (QED) is 0.433. The van der Waals surface area contributed by atoms with Gasteiger partial charge in [0.1, 0.15) is 12.1 Å². The van der Waals surface area contributed by atoms with E-state index >= 15 is 0 Å². The molecule has 0 aromatic carbocycles. The number of hydrogen-bond acceptors (Lipinski definition) is 4. The van der Waals surface area contributed by atoms with Crippen LogP contribution in [0.1, 0.15) is 59.3 Å². The summed E-state index contributed by atoms with van der Waals surface area (Å²) in [6.45, 7) is 7.15. The first-order valence-corrected chi connectivity index (χ1v) is 8.74. The molecule has 2 unspecified atom stereocenters. The number of nitrogens with one attached hydrogen (secondary N) is 3. The lowest BCUT2D eigenvalue weighted by Crippen LogP contribution is -2.63. The Balaban J connectivity index is 2.25. The Labute approximate surface area is 148 Å². The molecule has 25 heavy (non-hydrogen) atoms. The van der Waals surface area contributed by atoms with Gasteiger partial charge in [-0.25, -0.2) is 0 Å². The van der Waals surface area contributed by atoms with Crippen LogP contribution in [0.15, 0.2) is 0 Å². The summed E-state index contributed by atoms with van der Waals surface area (Å²) in [5.74, 6) is -1.95. The molecule has 1 aliphatic heterocycles. The first kappa shape index (κ1) is 20.9. The van der Waals surface area contributed by atoms with Gasteiger partial charge in [0.2, 0.25) is 23.6 Å². The standard InChI is InChI=1S/C17H30N4O4/c1-17(2,3)7-5-4-6-8-19-14(23)10-12-16(25)20-11(9-13(18)22)15(24)21-12/h11-12H,4-10H2,1-3H3,(H2,18,22)(H,19,23)(H,20,25)(H,21,24). The molecular weight excluding hydrogens is 324 g/mol. The van der Waals surface area contributed by atoms with E-state index < -0.39 is 29.8 Å². The number of hydrogen-bond donors (Lipinski definition) is 4. The summed E-state index contributed by atoms with van der Waals surface area (Å²) in [6.07, 6.45) is 3.79. The maximum atomic E-state index is 11.9. The fraction of sp³-hybridized carbons (Fsp3) is 0.765. The molecule has 0 aromatic heterocycles.